The van der Waals surface area contributed by atoms with Crippen molar-refractivity contribution >= 4 is 0 Å². The molecule has 3 heteroatoms. The topological polar surface area (TPSA) is 30.7 Å². The van der Waals surface area contributed by atoms with Crippen molar-refractivity contribution in [3.05, 3.63) is 102 Å². The summed E-state index contributed by atoms with van der Waals surface area (Å²) in [5.74, 6) is 2.04. The summed E-state index contributed by atoms with van der Waals surface area (Å²) in [6.07, 6.45) is 2.97. The maximum Gasteiger partial charge on any atom is 0.143 e. The number of aryl methyl sites for hydroxylation is 2. The van der Waals surface area contributed by atoms with Gasteiger partial charge in [-0.2, -0.15) is 0 Å². The minimum Gasteiger partial charge on any atom is -0.283 e. The van der Waals surface area contributed by atoms with Gasteiger partial charge in [0, 0.05) is 17.5 Å². The number of nitrogens with zero attached hydrogens (tertiary/aromatic N) is 3. The van der Waals surface area contributed by atoms with Crippen LogP contribution in [0.1, 0.15) is 44.4 Å². The lowest BCUT2D eigenvalue weighted by Gasteiger charge is -2.20. The monoisotopic (exact) mass is 395 g/mol. The van der Waals surface area contributed by atoms with Gasteiger partial charge < -0.3 is 0 Å². The highest BCUT2D eigenvalue weighted by Crippen LogP contribution is 2.25. The van der Waals surface area contributed by atoms with Gasteiger partial charge >= 0.3 is 0 Å². The maximum absolute atomic E-state index is 4.56. The highest BCUT2D eigenvalue weighted by molar-refractivity contribution is 5.63. The van der Waals surface area contributed by atoms with E-state index in [1.165, 1.54) is 16.7 Å². The van der Waals surface area contributed by atoms with Crippen LogP contribution in [0.25, 0.3) is 16.8 Å². The molecule has 0 aliphatic heterocycles. The minimum absolute atomic E-state index is 0.0612. The third kappa shape index (κ3) is 4.51. The number of hydrogen-bond acceptors (Lipinski definition) is 2. The standard InChI is InChI=1S/C27H29N3/c1-27(2,3)26-29-28-25(30(26)24-14-8-5-9-15-24)16-10-11-21-17-19-23(20-18-21)22-12-6-4-7-13-22/h4-9,12-15,17-20H,10-11,16H2,1-3H3. The fourth-order valence-electron chi connectivity index (χ4n) is 3.76. The van der Waals surface area contributed by atoms with Gasteiger partial charge in [0.1, 0.15) is 11.6 Å². The lowest BCUT2D eigenvalue weighted by atomic mass is 9.95. The molecule has 0 spiro atoms. The lowest BCUT2D eigenvalue weighted by Crippen LogP contribution is -2.19. The molecule has 0 aliphatic carbocycles. The Morgan fingerprint density at radius 2 is 1.27 bits per heavy atom. The van der Waals surface area contributed by atoms with Gasteiger partial charge in [0.25, 0.3) is 0 Å². The summed E-state index contributed by atoms with van der Waals surface area (Å²) < 4.78 is 2.23. The molecule has 0 saturated heterocycles. The summed E-state index contributed by atoms with van der Waals surface area (Å²) in [4.78, 5) is 0. The van der Waals surface area contributed by atoms with Gasteiger partial charge in [0.15, 0.2) is 0 Å². The quantitative estimate of drug-likeness (QED) is 0.378. The van der Waals surface area contributed by atoms with Crippen LogP contribution in [0, 0.1) is 0 Å². The molecule has 0 radical (unpaired) electrons. The van der Waals surface area contributed by atoms with Crippen molar-refractivity contribution in [2.45, 2.75) is 45.4 Å². The normalized spacial score (nSPS) is 11.6. The molecule has 0 unspecified atom stereocenters. The van der Waals surface area contributed by atoms with Gasteiger partial charge in [-0.05, 0) is 41.7 Å². The van der Waals surface area contributed by atoms with Gasteiger partial charge in [-0.3, -0.25) is 4.57 Å². The smallest absolute Gasteiger partial charge is 0.143 e. The highest BCUT2D eigenvalue weighted by atomic mass is 15.3. The summed E-state index contributed by atoms with van der Waals surface area (Å²) in [7, 11) is 0. The van der Waals surface area contributed by atoms with Crippen molar-refractivity contribution < 1.29 is 0 Å². The Bertz CT molecular complexity index is 1070. The zero-order chi connectivity index (χ0) is 21.0. The van der Waals surface area contributed by atoms with Crippen LogP contribution < -0.4 is 0 Å². The van der Waals surface area contributed by atoms with Gasteiger partial charge in [-0.25, -0.2) is 0 Å². The van der Waals surface area contributed by atoms with E-state index < -0.39 is 0 Å². The van der Waals surface area contributed by atoms with Crippen molar-refractivity contribution in [1.29, 1.82) is 0 Å². The Morgan fingerprint density at radius 1 is 0.667 bits per heavy atom. The molecule has 0 amide bonds. The summed E-state index contributed by atoms with van der Waals surface area (Å²) in [5, 5.41) is 9.10. The lowest BCUT2D eigenvalue weighted by molar-refractivity contribution is 0.530. The first-order chi connectivity index (χ1) is 14.5. The van der Waals surface area contributed by atoms with Crippen molar-refractivity contribution in [1.82, 2.24) is 14.8 Å². The van der Waals surface area contributed by atoms with Crippen molar-refractivity contribution in [3.63, 3.8) is 0 Å². The van der Waals surface area contributed by atoms with Crippen LogP contribution in [-0.4, -0.2) is 14.8 Å². The molecule has 0 N–H and O–H groups in total. The predicted molar refractivity (Wildman–Crippen MR) is 124 cm³/mol. The zero-order valence-corrected chi connectivity index (χ0v) is 18.0. The van der Waals surface area contributed by atoms with Gasteiger partial charge in [0.05, 0.1) is 0 Å². The van der Waals surface area contributed by atoms with Crippen molar-refractivity contribution in [2.75, 3.05) is 0 Å². The first-order valence-electron chi connectivity index (χ1n) is 10.7. The fourth-order valence-corrected chi connectivity index (χ4v) is 3.76. The largest absolute Gasteiger partial charge is 0.283 e. The van der Waals surface area contributed by atoms with Crippen LogP contribution in [0.5, 0.6) is 0 Å². The average molecular weight is 396 g/mol. The molecule has 1 aromatic heterocycles. The third-order valence-electron chi connectivity index (χ3n) is 5.34. The van der Waals surface area contributed by atoms with E-state index in [4.69, 9.17) is 0 Å². The first kappa shape index (κ1) is 20.1. The molecule has 30 heavy (non-hydrogen) atoms. The van der Waals surface area contributed by atoms with Crippen LogP contribution in [0.15, 0.2) is 84.9 Å². The molecule has 1 heterocycles. The van der Waals surface area contributed by atoms with E-state index in [0.717, 1.165) is 36.6 Å². The molecular formula is C27H29N3. The SMILES string of the molecule is CC(C)(C)c1nnc(CCCc2ccc(-c3ccccc3)cc2)n1-c1ccccc1. The molecule has 3 aromatic carbocycles. The molecule has 3 nitrogen and oxygen atoms in total. The summed E-state index contributed by atoms with van der Waals surface area (Å²) >= 11 is 0. The number of hydrogen-bond donors (Lipinski definition) is 0. The van der Waals surface area contributed by atoms with Gasteiger partial charge in [-0.1, -0.05) is 93.6 Å². The van der Waals surface area contributed by atoms with E-state index in [2.05, 4.69) is 114 Å². The van der Waals surface area contributed by atoms with Crippen LogP contribution in [0.2, 0.25) is 0 Å². The number of rotatable bonds is 6. The van der Waals surface area contributed by atoms with Crippen LogP contribution >= 0.6 is 0 Å². The maximum atomic E-state index is 4.56. The fraction of sp³-hybridized carbons (Fsp3) is 0.259. The third-order valence-corrected chi connectivity index (χ3v) is 5.34. The summed E-state index contributed by atoms with van der Waals surface area (Å²) in [6, 6.07) is 29.9. The number of para-hydroxylation sites is 1. The average Bonchev–Trinajstić information content (AvgIpc) is 3.20. The van der Waals surface area contributed by atoms with Crippen LogP contribution in [-0.2, 0) is 18.3 Å². The second-order valence-corrected chi connectivity index (χ2v) is 8.78. The number of aromatic nitrogens is 3. The zero-order valence-electron chi connectivity index (χ0n) is 18.0. The molecule has 0 aliphatic rings. The van der Waals surface area contributed by atoms with E-state index in [9.17, 15) is 0 Å². The van der Waals surface area contributed by atoms with E-state index >= 15 is 0 Å². The molecule has 4 rings (SSSR count). The van der Waals surface area contributed by atoms with Crippen LogP contribution in [0.3, 0.4) is 0 Å². The molecule has 0 fully saturated rings. The predicted octanol–water partition coefficient (Wildman–Crippen LogP) is 6.41. The van der Waals surface area contributed by atoms with Gasteiger partial charge in [0.2, 0.25) is 0 Å². The summed E-state index contributed by atoms with van der Waals surface area (Å²) in [6.45, 7) is 6.57. The summed E-state index contributed by atoms with van der Waals surface area (Å²) in [5.41, 5.74) is 4.95. The molecule has 4 aromatic rings. The Hall–Kier alpha value is -3.20. The van der Waals surface area contributed by atoms with Crippen molar-refractivity contribution in [2.24, 2.45) is 0 Å². The van der Waals surface area contributed by atoms with E-state index in [1.807, 2.05) is 6.07 Å². The minimum atomic E-state index is -0.0612. The van der Waals surface area contributed by atoms with Crippen LogP contribution in [0.4, 0.5) is 0 Å². The Kier molecular flexibility index (Phi) is 5.80. The Morgan fingerprint density at radius 3 is 1.90 bits per heavy atom. The number of benzene rings is 3. The molecule has 0 saturated carbocycles. The van der Waals surface area contributed by atoms with E-state index in [-0.39, 0.29) is 5.41 Å². The first-order valence-corrected chi connectivity index (χ1v) is 10.7. The van der Waals surface area contributed by atoms with Crippen molar-refractivity contribution in [3.8, 4) is 16.8 Å². The van der Waals surface area contributed by atoms with Gasteiger partial charge in [-0.15, -0.1) is 10.2 Å². The molecule has 152 valence electrons. The Balaban J connectivity index is 1.47. The van der Waals surface area contributed by atoms with E-state index in [0.29, 0.717) is 0 Å². The molecule has 0 bridgehead atoms. The second-order valence-electron chi connectivity index (χ2n) is 8.78. The second kappa shape index (κ2) is 8.66. The highest BCUT2D eigenvalue weighted by Gasteiger charge is 2.24. The molecular weight excluding hydrogens is 366 g/mol. The molecule has 0 atom stereocenters. The Labute approximate surface area is 179 Å². The van der Waals surface area contributed by atoms with E-state index in [1.54, 1.807) is 0 Å².